The monoisotopic (exact) mass is 265 g/mol. The van der Waals surface area contributed by atoms with Gasteiger partial charge in [-0.2, -0.15) is 0 Å². The summed E-state index contributed by atoms with van der Waals surface area (Å²) in [7, 11) is 0. The minimum atomic E-state index is 0.225. The molecule has 100 valence electrons. The Morgan fingerprint density at radius 1 is 1.44 bits per heavy atom. The Kier molecular flexibility index (Phi) is 4.03. The first-order chi connectivity index (χ1) is 8.40. The average Bonchev–Trinajstić information content (AvgIpc) is 2.62. The molecule has 2 atom stereocenters. The number of rotatable bonds is 3. The molecule has 2 rings (SSSR count). The number of benzene rings is 1. The van der Waals surface area contributed by atoms with Crippen LogP contribution in [0, 0.1) is 18.3 Å². The molecular formula is C16H24ClN. The second-order valence-corrected chi connectivity index (χ2v) is 6.86. The van der Waals surface area contributed by atoms with Crippen molar-refractivity contribution in [2.75, 3.05) is 0 Å². The largest absolute Gasteiger partial charge is 0.327 e. The van der Waals surface area contributed by atoms with E-state index in [0.29, 0.717) is 11.3 Å². The number of hydrogen-bond acceptors (Lipinski definition) is 1. The smallest absolute Gasteiger partial charge is 0.0441 e. The highest BCUT2D eigenvalue weighted by molar-refractivity contribution is 6.31. The van der Waals surface area contributed by atoms with Crippen molar-refractivity contribution in [3.8, 4) is 0 Å². The van der Waals surface area contributed by atoms with Crippen LogP contribution in [0.15, 0.2) is 18.2 Å². The first kappa shape index (κ1) is 13.9. The average molecular weight is 266 g/mol. The van der Waals surface area contributed by atoms with Crippen LogP contribution in [-0.4, -0.2) is 6.04 Å². The van der Waals surface area contributed by atoms with Crippen LogP contribution in [0.3, 0.4) is 0 Å². The number of halogens is 1. The molecule has 18 heavy (non-hydrogen) atoms. The molecule has 2 heteroatoms. The molecule has 1 fully saturated rings. The van der Waals surface area contributed by atoms with Crippen molar-refractivity contribution in [3.05, 3.63) is 34.3 Å². The fraction of sp³-hybridized carbons (Fsp3) is 0.625. The highest BCUT2D eigenvalue weighted by Gasteiger charge is 2.38. The maximum Gasteiger partial charge on any atom is 0.0441 e. The number of nitrogens with two attached hydrogens (primary N) is 1. The molecule has 0 heterocycles. The van der Waals surface area contributed by atoms with Crippen molar-refractivity contribution in [3.63, 3.8) is 0 Å². The zero-order chi connectivity index (χ0) is 13.3. The fourth-order valence-corrected chi connectivity index (χ4v) is 3.67. The molecule has 1 nitrogen and oxygen atoms in total. The molecular weight excluding hydrogens is 242 g/mol. The van der Waals surface area contributed by atoms with Crippen molar-refractivity contribution in [2.45, 2.75) is 52.5 Å². The summed E-state index contributed by atoms with van der Waals surface area (Å²) >= 11 is 6.30. The van der Waals surface area contributed by atoms with Crippen molar-refractivity contribution in [2.24, 2.45) is 17.1 Å². The van der Waals surface area contributed by atoms with Gasteiger partial charge in [0.05, 0.1) is 0 Å². The molecule has 0 bridgehead atoms. The van der Waals surface area contributed by atoms with Gasteiger partial charge >= 0.3 is 0 Å². The van der Waals surface area contributed by atoms with Gasteiger partial charge in [0.1, 0.15) is 0 Å². The summed E-state index contributed by atoms with van der Waals surface area (Å²) in [4.78, 5) is 0. The first-order valence-electron chi connectivity index (χ1n) is 6.91. The molecule has 0 radical (unpaired) electrons. The summed E-state index contributed by atoms with van der Waals surface area (Å²) in [6.07, 6.45) is 4.77. The normalized spacial score (nSPS) is 24.2. The second kappa shape index (κ2) is 5.22. The van der Waals surface area contributed by atoms with Gasteiger partial charge < -0.3 is 5.73 Å². The zero-order valence-electron chi connectivity index (χ0n) is 11.7. The number of hydrogen-bond donors (Lipinski definition) is 1. The molecule has 0 amide bonds. The topological polar surface area (TPSA) is 26.0 Å². The van der Waals surface area contributed by atoms with Crippen LogP contribution in [0.1, 0.15) is 44.2 Å². The van der Waals surface area contributed by atoms with E-state index in [1.165, 1.54) is 30.4 Å². The Bertz CT molecular complexity index is 425. The summed E-state index contributed by atoms with van der Waals surface area (Å²) in [5.41, 5.74) is 9.22. The maximum absolute atomic E-state index is 6.43. The molecule has 1 aliphatic rings. The van der Waals surface area contributed by atoms with E-state index >= 15 is 0 Å². The zero-order valence-corrected chi connectivity index (χ0v) is 12.4. The van der Waals surface area contributed by atoms with E-state index in [2.05, 4.69) is 32.9 Å². The minimum Gasteiger partial charge on any atom is -0.327 e. The van der Waals surface area contributed by atoms with E-state index in [1.807, 2.05) is 6.07 Å². The molecule has 1 aromatic rings. The van der Waals surface area contributed by atoms with Crippen LogP contribution < -0.4 is 5.73 Å². The van der Waals surface area contributed by atoms with Gasteiger partial charge in [0, 0.05) is 11.1 Å². The SMILES string of the molecule is Cc1ccc(CC(N)C2CCCC2(C)C)c(Cl)c1. The van der Waals surface area contributed by atoms with Gasteiger partial charge in [-0.3, -0.25) is 0 Å². The predicted molar refractivity (Wildman–Crippen MR) is 79.0 cm³/mol. The van der Waals surface area contributed by atoms with Crippen molar-refractivity contribution in [1.82, 2.24) is 0 Å². The maximum atomic E-state index is 6.43. The highest BCUT2D eigenvalue weighted by atomic mass is 35.5. The third-order valence-corrected chi connectivity index (χ3v) is 4.87. The van der Waals surface area contributed by atoms with E-state index in [0.717, 1.165) is 11.4 Å². The summed E-state index contributed by atoms with van der Waals surface area (Å²) in [6, 6.07) is 6.50. The van der Waals surface area contributed by atoms with Crippen molar-refractivity contribution in [1.29, 1.82) is 0 Å². The lowest BCUT2D eigenvalue weighted by Crippen LogP contribution is -2.38. The fourth-order valence-electron chi connectivity index (χ4n) is 3.36. The molecule has 0 aliphatic heterocycles. The van der Waals surface area contributed by atoms with Crippen LogP contribution in [0.25, 0.3) is 0 Å². The van der Waals surface area contributed by atoms with E-state index in [1.54, 1.807) is 0 Å². The summed E-state index contributed by atoms with van der Waals surface area (Å²) < 4.78 is 0. The Morgan fingerprint density at radius 2 is 2.17 bits per heavy atom. The molecule has 0 aromatic heterocycles. The van der Waals surface area contributed by atoms with E-state index < -0.39 is 0 Å². The second-order valence-electron chi connectivity index (χ2n) is 6.45. The van der Waals surface area contributed by atoms with Crippen LogP contribution in [0.2, 0.25) is 5.02 Å². The number of aryl methyl sites for hydroxylation is 1. The van der Waals surface area contributed by atoms with Crippen molar-refractivity contribution >= 4 is 11.6 Å². The van der Waals surface area contributed by atoms with Crippen LogP contribution in [0.4, 0.5) is 0 Å². The summed E-state index contributed by atoms with van der Waals surface area (Å²) in [5, 5.41) is 0.862. The summed E-state index contributed by atoms with van der Waals surface area (Å²) in [5.74, 6) is 0.620. The molecule has 0 spiro atoms. The van der Waals surface area contributed by atoms with Crippen LogP contribution >= 0.6 is 11.6 Å². The Balaban J connectivity index is 2.09. The molecule has 1 aromatic carbocycles. The molecule has 0 saturated heterocycles. The van der Waals surface area contributed by atoms with Gasteiger partial charge in [0.15, 0.2) is 0 Å². The van der Waals surface area contributed by atoms with Gasteiger partial charge in [0.25, 0.3) is 0 Å². The van der Waals surface area contributed by atoms with Gasteiger partial charge in [0.2, 0.25) is 0 Å². The van der Waals surface area contributed by atoms with E-state index in [-0.39, 0.29) is 6.04 Å². The highest BCUT2D eigenvalue weighted by Crippen LogP contribution is 2.44. The Hall–Kier alpha value is -0.530. The minimum absolute atomic E-state index is 0.225. The van der Waals surface area contributed by atoms with Gasteiger partial charge in [-0.1, -0.05) is 44.0 Å². The molecule has 2 N–H and O–H groups in total. The Labute approximate surface area is 116 Å². The van der Waals surface area contributed by atoms with Crippen LogP contribution in [-0.2, 0) is 6.42 Å². The predicted octanol–water partition coefficient (Wildman–Crippen LogP) is 4.34. The molecule has 1 aliphatic carbocycles. The van der Waals surface area contributed by atoms with Crippen molar-refractivity contribution < 1.29 is 0 Å². The molecule has 1 saturated carbocycles. The summed E-state index contributed by atoms with van der Waals surface area (Å²) in [6.45, 7) is 6.76. The van der Waals surface area contributed by atoms with Gasteiger partial charge in [-0.25, -0.2) is 0 Å². The first-order valence-corrected chi connectivity index (χ1v) is 7.28. The third kappa shape index (κ3) is 2.89. The molecule has 2 unspecified atom stereocenters. The van der Waals surface area contributed by atoms with E-state index in [4.69, 9.17) is 17.3 Å². The van der Waals surface area contributed by atoms with E-state index in [9.17, 15) is 0 Å². The van der Waals surface area contributed by atoms with Gasteiger partial charge in [-0.15, -0.1) is 0 Å². The lowest BCUT2D eigenvalue weighted by molar-refractivity contribution is 0.220. The van der Waals surface area contributed by atoms with Crippen LogP contribution in [0.5, 0.6) is 0 Å². The lowest BCUT2D eigenvalue weighted by atomic mass is 9.76. The lowest BCUT2D eigenvalue weighted by Gasteiger charge is -2.32. The standard InChI is InChI=1S/C16H24ClN/c1-11-6-7-12(14(17)9-11)10-15(18)13-5-4-8-16(13,2)3/h6-7,9,13,15H,4-5,8,10,18H2,1-3H3. The third-order valence-electron chi connectivity index (χ3n) is 4.52. The van der Waals surface area contributed by atoms with Gasteiger partial charge in [-0.05, 0) is 54.7 Å². The quantitative estimate of drug-likeness (QED) is 0.864. The Morgan fingerprint density at radius 3 is 2.72 bits per heavy atom.